The number of para-hydroxylation sites is 1. The molecule has 0 heterocycles. The normalized spacial score (nSPS) is 10.5. The zero-order chi connectivity index (χ0) is 17.2. The van der Waals surface area contributed by atoms with Crippen molar-refractivity contribution in [3.63, 3.8) is 0 Å². The molecule has 126 valence electrons. The maximum atomic E-state index is 10.5. The quantitative estimate of drug-likeness (QED) is 0.522. The smallest absolute Gasteiger partial charge is 0.161 e. The van der Waals surface area contributed by atoms with Gasteiger partial charge in [0.05, 0.1) is 12.6 Å². The van der Waals surface area contributed by atoms with E-state index in [0.717, 1.165) is 11.8 Å². The van der Waals surface area contributed by atoms with Gasteiger partial charge in [-0.25, -0.2) is 0 Å². The summed E-state index contributed by atoms with van der Waals surface area (Å²) in [4.78, 5) is 10.5. The van der Waals surface area contributed by atoms with Crippen molar-refractivity contribution in [2.45, 2.75) is 6.92 Å². The van der Waals surface area contributed by atoms with Crippen LogP contribution in [0, 0.1) is 0 Å². The molecule has 0 unspecified atom stereocenters. The van der Waals surface area contributed by atoms with E-state index in [9.17, 15) is 9.90 Å². The van der Waals surface area contributed by atoms with Crippen LogP contribution in [-0.4, -0.2) is 25.8 Å². The van der Waals surface area contributed by atoms with E-state index in [0.29, 0.717) is 36.9 Å². The molecule has 2 aromatic carbocycles. The largest absolute Gasteiger partial charge is 0.545 e. The van der Waals surface area contributed by atoms with Crippen molar-refractivity contribution in [1.82, 2.24) is 0 Å². The summed E-state index contributed by atoms with van der Waals surface area (Å²) in [5.41, 5.74) is 0.690. The maximum absolute atomic E-state index is 10.5. The number of carbonyl (C=O) groups is 1. The van der Waals surface area contributed by atoms with Crippen molar-refractivity contribution >= 4 is 12.0 Å². The van der Waals surface area contributed by atoms with Crippen molar-refractivity contribution in [2.75, 3.05) is 19.8 Å². The zero-order valence-corrected chi connectivity index (χ0v) is 13.4. The molecule has 0 aliphatic carbocycles. The number of aliphatic carboxylic acids is 1. The number of carboxylic acid groups (broad SMARTS) is 1. The maximum Gasteiger partial charge on any atom is 0.161 e. The van der Waals surface area contributed by atoms with Gasteiger partial charge in [0.15, 0.2) is 11.5 Å². The first-order valence-corrected chi connectivity index (χ1v) is 7.65. The van der Waals surface area contributed by atoms with E-state index in [4.69, 9.17) is 14.2 Å². The fraction of sp³-hybridized carbons (Fsp3) is 0.211. The highest BCUT2D eigenvalue weighted by Gasteiger charge is 2.06. The molecule has 5 heteroatoms. The van der Waals surface area contributed by atoms with Crippen LogP contribution in [0.2, 0.25) is 0 Å². The minimum absolute atomic E-state index is 0.364. The second-order valence-electron chi connectivity index (χ2n) is 4.80. The molecule has 0 aliphatic rings. The van der Waals surface area contributed by atoms with Crippen LogP contribution in [0.1, 0.15) is 12.5 Å². The van der Waals surface area contributed by atoms with Gasteiger partial charge < -0.3 is 24.1 Å². The van der Waals surface area contributed by atoms with Crippen LogP contribution in [0.4, 0.5) is 0 Å². The second-order valence-corrected chi connectivity index (χ2v) is 4.80. The van der Waals surface area contributed by atoms with Crippen molar-refractivity contribution in [2.24, 2.45) is 0 Å². The van der Waals surface area contributed by atoms with Gasteiger partial charge in [0, 0.05) is 0 Å². The Bertz CT molecular complexity index is 679. The number of hydrogen-bond donors (Lipinski definition) is 0. The van der Waals surface area contributed by atoms with Crippen LogP contribution in [0.5, 0.6) is 17.2 Å². The molecule has 0 saturated carbocycles. The summed E-state index contributed by atoms with van der Waals surface area (Å²) in [6, 6.07) is 14.7. The number of rotatable bonds is 9. The third-order valence-electron chi connectivity index (χ3n) is 3.03. The topological polar surface area (TPSA) is 67.8 Å². The molecule has 24 heavy (non-hydrogen) atoms. The van der Waals surface area contributed by atoms with Gasteiger partial charge in [-0.15, -0.1) is 0 Å². The summed E-state index contributed by atoms with van der Waals surface area (Å²) in [7, 11) is 0. The van der Waals surface area contributed by atoms with Crippen LogP contribution in [0.3, 0.4) is 0 Å². The summed E-state index contributed by atoms with van der Waals surface area (Å²) >= 11 is 0. The number of hydrogen-bond acceptors (Lipinski definition) is 5. The fourth-order valence-electron chi connectivity index (χ4n) is 2.01. The van der Waals surface area contributed by atoms with Crippen molar-refractivity contribution in [1.29, 1.82) is 0 Å². The first-order chi connectivity index (χ1) is 11.7. The SMILES string of the molecule is CCOc1cc(/C=C/C(=O)[O-])ccc1OCCOc1ccccc1. The Balaban J connectivity index is 1.94. The Morgan fingerprint density at radius 1 is 1.00 bits per heavy atom. The first kappa shape index (κ1) is 17.4. The molecule has 0 spiro atoms. The van der Waals surface area contributed by atoms with E-state index in [-0.39, 0.29) is 0 Å². The lowest BCUT2D eigenvalue weighted by Gasteiger charge is -2.13. The molecule has 2 aromatic rings. The van der Waals surface area contributed by atoms with Gasteiger partial charge in [0.2, 0.25) is 0 Å². The average molecular weight is 327 g/mol. The van der Waals surface area contributed by atoms with Crippen LogP contribution >= 0.6 is 0 Å². The van der Waals surface area contributed by atoms with Crippen LogP contribution in [-0.2, 0) is 4.79 Å². The van der Waals surface area contributed by atoms with E-state index in [2.05, 4.69) is 0 Å². The fourth-order valence-corrected chi connectivity index (χ4v) is 2.01. The summed E-state index contributed by atoms with van der Waals surface area (Å²) in [6.07, 6.45) is 2.42. The molecule has 0 aliphatic heterocycles. The monoisotopic (exact) mass is 327 g/mol. The zero-order valence-electron chi connectivity index (χ0n) is 13.4. The number of ether oxygens (including phenoxy) is 3. The Hall–Kier alpha value is -2.95. The highest BCUT2D eigenvalue weighted by atomic mass is 16.5. The number of benzene rings is 2. The van der Waals surface area contributed by atoms with Crippen molar-refractivity contribution in [3.05, 3.63) is 60.2 Å². The minimum Gasteiger partial charge on any atom is -0.545 e. The Morgan fingerprint density at radius 3 is 2.46 bits per heavy atom. The van der Waals surface area contributed by atoms with Gasteiger partial charge in [0.1, 0.15) is 19.0 Å². The number of carbonyl (C=O) groups excluding carboxylic acids is 1. The van der Waals surface area contributed by atoms with Crippen LogP contribution < -0.4 is 19.3 Å². The molecule has 5 nitrogen and oxygen atoms in total. The molecule has 0 radical (unpaired) electrons. The van der Waals surface area contributed by atoms with Gasteiger partial charge >= 0.3 is 0 Å². The average Bonchev–Trinajstić information content (AvgIpc) is 2.59. The second kappa shape index (κ2) is 9.25. The molecular weight excluding hydrogens is 308 g/mol. The third kappa shape index (κ3) is 5.68. The van der Waals surface area contributed by atoms with Crippen molar-refractivity contribution in [3.8, 4) is 17.2 Å². The molecular formula is C19H19O5-. The lowest BCUT2D eigenvalue weighted by Crippen LogP contribution is -2.18. The van der Waals surface area contributed by atoms with E-state index in [1.165, 1.54) is 6.08 Å². The Morgan fingerprint density at radius 2 is 1.75 bits per heavy atom. The van der Waals surface area contributed by atoms with Gasteiger partial charge in [-0.05, 0) is 42.8 Å². The first-order valence-electron chi connectivity index (χ1n) is 7.65. The summed E-state index contributed by atoms with van der Waals surface area (Å²) in [5, 5.41) is 10.5. The van der Waals surface area contributed by atoms with Crippen LogP contribution in [0.15, 0.2) is 54.6 Å². The Labute approximate surface area is 141 Å². The summed E-state index contributed by atoms with van der Waals surface area (Å²) < 4.78 is 16.8. The number of carboxylic acids is 1. The Kier molecular flexibility index (Phi) is 6.71. The standard InChI is InChI=1S/C19H20O5/c1-2-22-18-14-15(9-11-19(20)21)8-10-17(18)24-13-12-23-16-6-4-3-5-7-16/h3-11,14H,2,12-13H2,1H3,(H,20,21)/p-1/b11-9+. The molecule has 0 bridgehead atoms. The highest BCUT2D eigenvalue weighted by molar-refractivity contribution is 5.83. The minimum atomic E-state index is -1.24. The molecule has 0 N–H and O–H groups in total. The molecule has 2 rings (SSSR count). The van der Waals surface area contributed by atoms with Gasteiger partial charge in [-0.1, -0.05) is 30.3 Å². The van der Waals surface area contributed by atoms with Crippen LogP contribution in [0.25, 0.3) is 6.08 Å². The molecule has 0 atom stereocenters. The molecule has 0 fully saturated rings. The lowest BCUT2D eigenvalue weighted by molar-refractivity contribution is -0.297. The van der Waals surface area contributed by atoms with E-state index in [1.807, 2.05) is 37.3 Å². The van der Waals surface area contributed by atoms with Gasteiger partial charge in [0.25, 0.3) is 0 Å². The summed E-state index contributed by atoms with van der Waals surface area (Å²) in [6.45, 7) is 3.11. The van der Waals surface area contributed by atoms with Crippen molar-refractivity contribution < 1.29 is 24.1 Å². The molecule has 0 saturated heterocycles. The van der Waals surface area contributed by atoms with E-state index < -0.39 is 5.97 Å². The van der Waals surface area contributed by atoms with E-state index >= 15 is 0 Å². The van der Waals surface area contributed by atoms with Gasteiger partial charge in [-0.2, -0.15) is 0 Å². The van der Waals surface area contributed by atoms with E-state index in [1.54, 1.807) is 18.2 Å². The molecule has 0 amide bonds. The lowest BCUT2D eigenvalue weighted by atomic mass is 10.2. The predicted molar refractivity (Wildman–Crippen MR) is 89.1 cm³/mol. The third-order valence-corrected chi connectivity index (χ3v) is 3.03. The highest BCUT2D eigenvalue weighted by Crippen LogP contribution is 2.29. The van der Waals surface area contributed by atoms with Gasteiger partial charge in [-0.3, -0.25) is 0 Å². The predicted octanol–water partition coefficient (Wildman–Crippen LogP) is 2.31. The summed E-state index contributed by atoms with van der Waals surface area (Å²) in [5.74, 6) is 0.678. The molecule has 0 aromatic heterocycles.